The first-order chi connectivity index (χ1) is 7.66. The van der Waals surface area contributed by atoms with Gasteiger partial charge in [0.05, 0.1) is 6.42 Å². The molecule has 0 N–H and O–H groups in total. The predicted molar refractivity (Wildman–Crippen MR) is 61.2 cm³/mol. The van der Waals surface area contributed by atoms with Crippen molar-refractivity contribution in [1.29, 1.82) is 0 Å². The van der Waals surface area contributed by atoms with E-state index in [9.17, 15) is 4.79 Å². The van der Waals surface area contributed by atoms with E-state index >= 15 is 0 Å². The number of hydrogen-bond acceptors (Lipinski definition) is 2. The molecule has 3 rings (SSSR count). The highest BCUT2D eigenvalue weighted by Crippen LogP contribution is 2.44. The number of aryl methyl sites for hydroxylation is 1. The average Bonchev–Trinajstić information content (AvgIpc) is 2.63. The van der Waals surface area contributed by atoms with Gasteiger partial charge in [-0.05, 0) is 48.9 Å². The van der Waals surface area contributed by atoms with Gasteiger partial charge < -0.3 is 4.74 Å². The van der Waals surface area contributed by atoms with Gasteiger partial charge in [-0.25, -0.2) is 0 Å². The fourth-order valence-corrected chi connectivity index (χ4v) is 3.00. The first-order valence-electron chi connectivity index (χ1n) is 5.95. The van der Waals surface area contributed by atoms with Gasteiger partial charge >= 0.3 is 5.97 Å². The first kappa shape index (κ1) is 9.88. The molecule has 1 saturated heterocycles. The molecule has 2 nitrogen and oxygen atoms in total. The van der Waals surface area contributed by atoms with E-state index in [1.165, 1.54) is 22.3 Å². The average molecular weight is 216 g/mol. The van der Waals surface area contributed by atoms with Crippen molar-refractivity contribution < 1.29 is 9.53 Å². The molecule has 1 aromatic carbocycles. The highest BCUT2D eigenvalue weighted by atomic mass is 16.5. The third-order valence-electron chi connectivity index (χ3n) is 4.09. The summed E-state index contributed by atoms with van der Waals surface area (Å²) in [5, 5.41) is 0. The van der Waals surface area contributed by atoms with Gasteiger partial charge in [-0.3, -0.25) is 4.79 Å². The van der Waals surface area contributed by atoms with E-state index in [1.807, 2.05) is 0 Å². The number of esters is 1. The van der Waals surface area contributed by atoms with E-state index in [2.05, 4.69) is 26.0 Å². The van der Waals surface area contributed by atoms with Gasteiger partial charge in [-0.1, -0.05) is 12.1 Å². The van der Waals surface area contributed by atoms with Crippen LogP contribution in [0.2, 0.25) is 0 Å². The number of carbonyl (C=O) groups excluding carboxylic acids is 1. The molecule has 1 aliphatic carbocycles. The van der Waals surface area contributed by atoms with E-state index in [-0.39, 0.29) is 12.1 Å². The predicted octanol–water partition coefficient (Wildman–Crippen LogP) is 2.85. The Labute approximate surface area is 95.6 Å². The number of carbonyl (C=O) groups is 1. The molecular formula is C14H16O2. The summed E-state index contributed by atoms with van der Waals surface area (Å²) in [6.45, 7) is 4.31. The SMILES string of the molecule is Cc1ccc2c(c1C)CC[C@@H]1CC(=O)O[C@H]21. The van der Waals surface area contributed by atoms with Crippen LogP contribution in [0.1, 0.15) is 41.2 Å². The Bertz CT molecular complexity index is 462. The molecule has 2 heteroatoms. The van der Waals surface area contributed by atoms with Crippen LogP contribution >= 0.6 is 0 Å². The lowest BCUT2D eigenvalue weighted by molar-refractivity contribution is -0.141. The fraction of sp³-hybridized carbons (Fsp3) is 0.500. The minimum atomic E-state index is -0.0268. The third kappa shape index (κ3) is 1.29. The lowest BCUT2D eigenvalue weighted by Gasteiger charge is -2.28. The highest BCUT2D eigenvalue weighted by Gasteiger charge is 2.39. The summed E-state index contributed by atoms with van der Waals surface area (Å²) in [4.78, 5) is 11.3. The molecule has 2 aliphatic rings. The molecule has 0 radical (unpaired) electrons. The number of hydrogen-bond donors (Lipinski definition) is 0. The summed E-state index contributed by atoms with van der Waals surface area (Å²) in [5.41, 5.74) is 5.38. The second-order valence-electron chi connectivity index (χ2n) is 4.99. The summed E-state index contributed by atoms with van der Waals surface area (Å²) in [6, 6.07) is 4.29. The second-order valence-corrected chi connectivity index (χ2v) is 4.99. The smallest absolute Gasteiger partial charge is 0.306 e. The van der Waals surface area contributed by atoms with E-state index in [4.69, 9.17) is 4.74 Å². The maximum atomic E-state index is 11.3. The van der Waals surface area contributed by atoms with E-state index in [0.29, 0.717) is 12.3 Å². The molecule has 84 valence electrons. The molecule has 1 fully saturated rings. The van der Waals surface area contributed by atoms with Gasteiger partial charge in [-0.2, -0.15) is 0 Å². The van der Waals surface area contributed by atoms with Crippen LogP contribution in [0.15, 0.2) is 12.1 Å². The first-order valence-corrected chi connectivity index (χ1v) is 5.95. The maximum absolute atomic E-state index is 11.3. The Kier molecular flexibility index (Phi) is 2.06. The van der Waals surface area contributed by atoms with Crippen LogP contribution in [-0.2, 0) is 16.0 Å². The Hall–Kier alpha value is -1.31. The summed E-state index contributed by atoms with van der Waals surface area (Å²) in [5.74, 6) is 0.392. The van der Waals surface area contributed by atoms with Gasteiger partial charge in [0.25, 0.3) is 0 Å². The zero-order chi connectivity index (χ0) is 11.3. The molecule has 0 unspecified atom stereocenters. The lowest BCUT2D eigenvalue weighted by Crippen LogP contribution is -2.18. The second kappa shape index (κ2) is 3.34. The molecule has 0 amide bonds. The monoisotopic (exact) mass is 216 g/mol. The van der Waals surface area contributed by atoms with Gasteiger partial charge in [-0.15, -0.1) is 0 Å². The van der Waals surface area contributed by atoms with Crippen molar-refractivity contribution in [3.8, 4) is 0 Å². The maximum Gasteiger partial charge on any atom is 0.306 e. The summed E-state index contributed by atoms with van der Waals surface area (Å²) < 4.78 is 5.45. The summed E-state index contributed by atoms with van der Waals surface area (Å²) >= 11 is 0. The van der Waals surface area contributed by atoms with E-state index < -0.39 is 0 Å². The van der Waals surface area contributed by atoms with Crippen LogP contribution in [0.25, 0.3) is 0 Å². The van der Waals surface area contributed by atoms with Gasteiger partial charge in [0.2, 0.25) is 0 Å². The molecule has 2 atom stereocenters. The topological polar surface area (TPSA) is 26.3 Å². The van der Waals surface area contributed by atoms with E-state index in [1.54, 1.807) is 0 Å². The largest absolute Gasteiger partial charge is 0.457 e. The minimum Gasteiger partial charge on any atom is -0.457 e. The molecule has 0 aromatic heterocycles. The Balaban J connectivity index is 2.10. The molecule has 0 bridgehead atoms. The zero-order valence-electron chi connectivity index (χ0n) is 9.75. The quantitative estimate of drug-likeness (QED) is 0.623. The minimum absolute atomic E-state index is 0.0268. The van der Waals surface area contributed by atoms with Crippen molar-refractivity contribution in [3.05, 3.63) is 34.4 Å². The van der Waals surface area contributed by atoms with Crippen LogP contribution in [0.3, 0.4) is 0 Å². The number of benzene rings is 1. The van der Waals surface area contributed by atoms with Crippen molar-refractivity contribution in [2.45, 2.75) is 39.2 Å². The van der Waals surface area contributed by atoms with Gasteiger partial charge in [0.15, 0.2) is 0 Å². The van der Waals surface area contributed by atoms with Crippen LogP contribution < -0.4 is 0 Å². The van der Waals surface area contributed by atoms with Gasteiger partial charge in [0.1, 0.15) is 6.10 Å². The number of ether oxygens (including phenoxy) is 1. The van der Waals surface area contributed by atoms with Crippen molar-refractivity contribution in [1.82, 2.24) is 0 Å². The fourth-order valence-electron chi connectivity index (χ4n) is 3.00. The number of rotatable bonds is 0. The molecule has 1 aromatic rings. The van der Waals surface area contributed by atoms with E-state index in [0.717, 1.165) is 12.8 Å². The van der Waals surface area contributed by atoms with Crippen molar-refractivity contribution in [2.24, 2.45) is 5.92 Å². The molecule has 0 saturated carbocycles. The highest BCUT2D eigenvalue weighted by molar-refractivity contribution is 5.73. The summed E-state index contributed by atoms with van der Waals surface area (Å²) in [7, 11) is 0. The molecule has 0 spiro atoms. The Morgan fingerprint density at radius 1 is 1.31 bits per heavy atom. The van der Waals surface area contributed by atoms with Crippen LogP contribution in [-0.4, -0.2) is 5.97 Å². The molecule has 1 heterocycles. The third-order valence-corrected chi connectivity index (χ3v) is 4.09. The van der Waals surface area contributed by atoms with Crippen molar-refractivity contribution in [2.75, 3.05) is 0 Å². The Morgan fingerprint density at radius 3 is 2.94 bits per heavy atom. The Morgan fingerprint density at radius 2 is 2.12 bits per heavy atom. The van der Waals surface area contributed by atoms with Crippen molar-refractivity contribution in [3.63, 3.8) is 0 Å². The zero-order valence-corrected chi connectivity index (χ0v) is 9.75. The van der Waals surface area contributed by atoms with Crippen LogP contribution in [0, 0.1) is 19.8 Å². The summed E-state index contributed by atoms with van der Waals surface area (Å²) in [6.07, 6.45) is 2.83. The molecule has 16 heavy (non-hydrogen) atoms. The molecular weight excluding hydrogens is 200 g/mol. The van der Waals surface area contributed by atoms with Crippen molar-refractivity contribution >= 4 is 5.97 Å². The van der Waals surface area contributed by atoms with Crippen LogP contribution in [0.5, 0.6) is 0 Å². The normalized spacial score (nSPS) is 27.2. The van der Waals surface area contributed by atoms with Gasteiger partial charge in [0, 0.05) is 5.92 Å². The lowest BCUT2D eigenvalue weighted by atomic mass is 9.79. The molecule has 1 aliphatic heterocycles. The number of fused-ring (bicyclic) bond motifs is 3. The van der Waals surface area contributed by atoms with Crippen LogP contribution in [0.4, 0.5) is 0 Å². The standard InChI is InChI=1S/C14H16O2/c1-8-3-5-12-11(9(8)2)6-4-10-7-13(15)16-14(10)12/h3,5,10,14H,4,6-7H2,1-2H3/t10-,14+/m1/s1.